The molecule has 4 fully saturated rings. The van der Waals surface area contributed by atoms with Crippen LogP contribution in [0, 0.1) is 0 Å². The molecule has 4 heterocycles. The van der Waals surface area contributed by atoms with Gasteiger partial charge in [0.2, 0.25) is 0 Å². The van der Waals surface area contributed by atoms with Crippen LogP contribution in [0.3, 0.4) is 0 Å². The molecule has 6 atom stereocenters. The van der Waals surface area contributed by atoms with Crippen molar-refractivity contribution in [3.8, 4) is 11.1 Å². The minimum atomic E-state index is -0.888. The second-order valence-corrected chi connectivity index (χ2v) is 10.6. The van der Waals surface area contributed by atoms with Crippen LogP contribution in [0.5, 0.6) is 0 Å². The fourth-order valence-electron chi connectivity index (χ4n) is 6.72. The minimum Gasteiger partial charge on any atom is -0.448 e. The zero-order valence-electron chi connectivity index (χ0n) is 19.8. The van der Waals surface area contributed by atoms with Crippen LogP contribution in [0.25, 0.3) is 11.1 Å². The summed E-state index contributed by atoms with van der Waals surface area (Å²) >= 11 is 0. The Labute approximate surface area is 203 Å². The molecule has 0 radical (unpaired) electrons. The molecule has 184 valence electrons. The number of likely N-dealkylation sites (tertiary alicyclic amines) is 1. The number of benzene rings is 2. The number of amides is 1. The van der Waals surface area contributed by atoms with Crippen molar-refractivity contribution in [2.24, 2.45) is 0 Å². The number of carbonyl (C=O) groups is 1. The molecule has 8 nitrogen and oxygen atoms in total. The number of aliphatic hydroxyl groups is 1. The lowest BCUT2D eigenvalue weighted by molar-refractivity contribution is -0.284. The number of hydrogen-bond acceptors (Lipinski definition) is 7. The van der Waals surface area contributed by atoms with E-state index in [1.54, 1.807) is 4.90 Å². The van der Waals surface area contributed by atoms with Crippen molar-refractivity contribution in [2.45, 2.75) is 68.2 Å². The van der Waals surface area contributed by atoms with Crippen LogP contribution in [0.15, 0.2) is 48.5 Å². The fourth-order valence-corrected chi connectivity index (χ4v) is 6.72. The van der Waals surface area contributed by atoms with Crippen LogP contribution in [0.4, 0.5) is 4.79 Å². The largest absolute Gasteiger partial charge is 0.448 e. The molecule has 35 heavy (non-hydrogen) atoms. The zero-order valence-corrected chi connectivity index (χ0v) is 19.8. The molecule has 0 aromatic heterocycles. The van der Waals surface area contributed by atoms with Gasteiger partial charge in [0.1, 0.15) is 30.5 Å². The third-order valence-electron chi connectivity index (χ3n) is 8.20. The molecule has 8 heteroatoms. The topological polar surface area (TPSA) is 86.7 Å². The summed E-state index contributed by atoms with van der Waals surface area (Å²) in [7, 11) is 0. The maximum Gasteiger partial charge on any atom is 0.410 e. The number of rotatable bonds is 2. The highest BCUT2D eigenvalue weighted by atomic mass is 16.8. The van der Waals surface area contributed by atoms with Crippen LogP contribution >= 0.6 is 0 Å². The van der Waals surface area contributed by atoms with Crippen LogP contribution in [-0.2, 0) is 23.7 Å². The maximum atomic E-state index is 13.4. The average Bonchev–Trinajstić information content (AvgIpc) is 3.44. The molecule has 2 bridgehead atoms. The van der Waals surface area contributed by atoms with Crippen LogP contribution < -0.4 is 0 Å². The highest BCUT2D eigenvalue weighted by Crippen LogP contribution is 2.52. The van der Waals surface area contributed by atoms with Gasteiger partial charge in [-0.2, -0.15) is 0 Å². The summed E-state index contributed by atoms with van der Waals surface area (Å²) in [6.07, 6.45) is -2.36. The van der Waals surface area contributed by atoms with E-state index in [1.807, 2.05) is 38.1 Å². The van der Waals surface area contributed by atoms with Gasteiger partial charge in [0, 0.05) is 12.5 Å². The van der Waals surface area contributed by atoms with Crippen LogP contribution in [-0.4, -0.2) is 77.9 Å². The predicted octanol–water partition coefficient (Wildman–Crippen LogP) is 3.02. The molecule has 1 N–H and O–H groups in total. The van der Waals surface area contributed by atoms with Crippen molar-refractivity contribution in [3.05, 3.63) is 59.7 Å². The Hall–Kier alpha value is -2.49. The fraction of sp³-hybridized carbons (Fsp3) is 0.519. The van der Waals surface area contributed by atoms with Crippen LogP contribution in [0.2, 0.25) is 0 Å². The number of nitrogens with zero attached hydrogens (tertiary/aromatic N) is 1. The van der Waals surface area contributed by atoms with E-state index in [-0.39, 0.29) is 19.1 Å². The van der Waals surface area contributed by atoms with E-state index in [9.17, 15) is 9.90 Å². The summed E-state index contributed by atoms with van der Waals surface area (Å²) in [6, 6.07) is 15.9. The molecule has 0 spiro atoms. The Morgan fingerprint density at radius 1 is 1.06 bits per heavy atom. The van der Waals surface area contributed by atoms with Crippen LogP contribution in [0.1, 0.15) is 37.3 Å². The highest BCUT2D eigenvalue weighted by molar-refractivity contribution is 5.79. The lowest BCUT2D eigenvalue weighted by Crippen LogP contribution is -2.72. The number of hydrogen-bond donors (Lipinski definition) is 1. The second-order valence-electron chi connectivity index (χ2n) is 10.6. The van der Waals surface area contributed by atoms with Gasteiger partial charge in [-0.3, -0.25) is 4.90 Å². The molecule has 7 rings (SSSR count). The van der Waals surface area contributed by atoms with E-state index in [1.165, 1.54) is 11.1 Å². The van der Waals surface area contributed by atoms with Gasteiger partial charge in [0.25, 0.3) is 0 Å². The van der Waals surface area contributed by atoms with Gasteiger partial charge in [-0.25, -0.2) is 4.79 Å². The summed E-state index contributed by atoms with van der Waals surface area (Å²) in [4.78, 5) is 15.0. The third-order valence-corrected chi connectivity index (χ3v) is 8.20. The molecule has 1 amide bonds. The van der Waals surface area contributed by atoms with Gasteiger partial charge in [-0.05, 0) is 42.5 Å². The number of piperidine rings is 1. The molecule has 2 aromatic rings. The first-order valence-electron chi connectivity index (χ1n) is 12.3. The summed E-state index contributed by atoms with van der Waals surface area (Å²) < 4.78 is 30.4. The van der Waals surface area contributed by atoms with Gasteiger partial charge in [0.15, 0.2) is 12.1 Å². The quantitative estimate of drug-likeness (QED) is 0.709. The van der Waals surface area contributed by atoms with E-state index < -0.39 is 48.1 Å². The second kappa shape index (κ2) is 7.51. The van der Waals surface area contributed by atoms with Gasteiger partial charge < -0.3 is 28.8 Å². The normalized spacial score (nSPS) is 36.3. The monoisotopic (exact) mass is 479 g/mol. The molecular weight excluding hydrogens is 450 g/mol. The lowest BCUT2D eigenvalue weighted by Gasteiger charge is -2.53. The van der Waals surface area contributed by atoms with Gasteiger partial charge in [-0.1, -0.05) is 48.5 Å². The van der Waals surface area contributed by atoms with E-state index in [0.29, 0.717) is 13.0 Å². The van der Waals surface area contributed by atoms with E-state index in [4.69, 9.17) is 23.7 Å². The van der Waals surface area contributed by atoms with Crippen molar-refractivity contribution in [1.82, 2.24) is 4.90 Å². The summed E-state index contributed by atoms with van der Waals surface area (Å²) in [5, 5.41) is 10.9. The number of ether oxygens (including phenoxy) is 5. The van der Waals surface area contributed by atoms with Crippen molar-refractivity contribution >= 4 is 6.09 Å². The smallest absolute Gasteiger partial charge is 0.410 e. The predicted molar refractivity (Wildman–Crippen MR) is 124 cm³/mol. The van der Waals surface area contributed by atoms with Gasteiger partial charge in [0.05, 0.1) is 12.6 Å². The molecule has 4 aliphatic heterocycles. The Balaban J connectivity index is 1.12. The Bertz CT molecular complexity index is 1140. The Kier molecular flexibility index (Phi) is 4.67. The standard InChI is InChI=1S/C27H29NO7/c1-26(2)34-23-24(35-26)33-22-21-20(29)14-32-27(22,23)11-12-28(21)25(30)31-13-19-17-9-5-3-7-15(17)16-8-4-6-10-18(16)19/h3-10,19-24,29H,11-14H2,1-2H3/t20-,21+,22-,23+,24-,27-/m1/s1. The number of carbonyl (C=O) groups excluding carboxylic acids is 1. The summed E-state index contributed by atoms with van der Waals surface area (Å²) in [6.45, 7) is 4.41. The number of aliphatic hydroxyl groups excluding tert-OH is 1. The molecule has 0 saturated carbocycles. The average molecular weight is 480 g/mol. The van der Waals surface area contributed by atoms with E-state index in [2.05, 4.69) is 24.3 Å². The first-order chi connectivity index (χ1) is 16.9. The molecule has 1 aliphatic carbocycles. The minimum absolute atomic E-state index is 0.0269. The maximum absolute atomic E-state index is 13.4. The molecule has 4 saturated heterocycles. The van der Waals surface area contributed by atoms with Gasteiger partial charge >= 0.3 is 6.09 Å². The Morgan fingerprint density at radius 2 is 1.74 bits per heavy atom. The first kappa shape index (κ1) is 21.8. The highest BCUT2D eigenvalue weighted by Gasteiger charge is 2.71. The van der Waals surface area contributed by atoms with Crippen molar-refractivity contribution in [2.75, 3.05) is 19.8 Å². The Morgan fingerprint density at radius 3 is 2.46 bits per heavy atom. The zero-order chi connectivity index (χ0) is 23.9. The molecular formula is C27H29NO7. The van der Waals surface area contributed by atoms with E-state index >= 15 is 0 Å². The molecule has 2 aromatic carbocycles. The van der Waals surface area contributed by atoms with Crippen molar-refractivity contribution in [1.29, 1.82) is 0 Å². The summed E-state index contributed by atoms with van der Waals surface area (Å²) in [5.74, 6) is -0.797. The molecule has 5 aliphatic rings. The van der Waals surface area contributed by atoms with E-state index in [0.717, 1.165) is 11.1 Å². The first-order valence-corrected chi connectivity index (χ1v) is 12.3. The van der Waals surface area contributed by atoms with Gasteiger partial charge in [-0.15, -0.1) is 0 Å². The van der Waals surface area contributed by atoms with Crippen molar-refractivity contribution < 1.29 is 33.6 Å². The van der Waals surface area contributed by atoms with Crippen molar-refractivity contribution in [3.63, 3.8) is 0 Å². The number of fused-ring (bicyclic) bond motifs is 4. The lowest BCUT2D eigenvalue weighted by atomic mass is 9.77. The SMILES string of the molecule is CC1(C)O[C@H]2O[C@@H]3[C@@H]4[C@H](O)CO[C@@]3(CCN4C(=O)OCC3c4ccccc4-c4ccccc43)[C@H]2O1. The third kappa shape index (κ3) is 3.07. The summed E-state index contributed by atoms with van der Waals surface area (Å²) in [5.41, 5.74) is 3.94. The molecule has 0 unspecified atom stereocenters.